The number of nitriles is 1. The lowest BCUT2D eigenvalue weighted by atomic mass is 9.98. The number of hydrogen-bond acceptors (Lipinski definition) is 8. The third kappa shape index (κ3) is 6.65. The molecule has 10 nitrogen and oxygen atoms in total. The molecule has 2 aromatic heterocycles. The summed E-state index contributed by atoms with van der Waals surface area (Å²) < 4.78 is 30.5. The van der Waals surface area contributed by atoms with E-state index in [4.69, 9.17) is 16.3 Å². The van der Waals surface area contributed by atoms with Crippen LogP contribution in [0.25, 0.3) is 11.0 Å². The Morgan fingerprint density at radius 1 is 1.20 bits per heavy atom. The number of carbonyl (C=O) groups excluding carboxylic acids is 1. The molecule has 0 bridgehead atoms. The second kappa shape index (κ2) is 11.7. The predicted molar refractivity (Wildman–Crippen MR) is 155 cm³/mol. The highest BCUT2D eigenvalue weighted by molar-refractivity contribution is 7.91. The van der Waals surface area contributed by atoms with Crippen molar-refractivity contribution in [3.05, 3.63) is 71.6 Å². The summed E-state index contributed by atoms with van der Waals surface area (Å²) in [6.07, 6.45) is 5.99. The highest BCUT2D eigenvalue weighted by Gasteiger charge is 2.45. The van der Waals surface area contributed by atoms with E-state index in [1.165, 1.54) is 6.33 Å². The minimum atomic E-state index is -3.39. The monoisotopic (exact) mass is 600 g/mol. The highest BCUT2D eigenvalue weighted by Crippen LogP contribution is 2.48. The number of hydrogen-bond donors (Lipinski definition) is 2. The van der Waals surface area contributed by atoms with Gasteiger partial charge >= 0.3 is 0 Å². The molecule has 4 aromatic rings. The fourth-order valence-electron chi connectivity index (χ4n) is 4.29. The van der Waals surface area contributed by atoms with Crippen molar-refractivity contribution in [2.45, 2.75) is 24.8 Å². The Bertz CT molecular complexity index is 1710. The zero-order valence-corrected chi connectivity index (χ0v) is 23.8. The first-order chi connectivity index (χ1) is 18.7. The van der Waals surface area contributed by atoms with Gasteiger partial charge in [-0.2, -0.15) is 5.26 Å². The zero-order valence-electron chi connectivity index (χ0n) is 21.4. The summed E-state index contributed by atoms with van der Waals surface area (Å²) in [6.45, 7) is 0.627. The maximum Gasteiger partial charge on any atom is 0.235 e. The average Bonchev–Trinajstić information content (AvgIpc) is 3.59. The Balaban J connectivity index is 0.00000370. The van der Waals surface area contributed by atoms with Crippen molar-refractivity contribution in [2.24, 2.45) is 0 Å². The van der Waals surface area contributed by atoms with Crippen LogP contribution in [0.1, 0.15) is 18.4 Å². The number of halogens is 2. The molecule has 5 rings (SSSR count). The van der Waals surface area contributed by atoms with Crippen LogP contribution in [0, 0.1) is 11.3 Å². The van der Waals surface area contributed by atoms with Crippen molar-refractivity contribution in [3.8, 4) is 17.6 Å². The van der Waals surface area contributed by atoms with Gasteiger partial charge in [0, 0.05) is 31.2 Å². The molecule has 0 spiro atoms. The molecule has 1 saturated carbocycles. The fourth-order valence-corrected chi connectivity index (χ4v) is 5.09. The minimum Gasteiger partial charge on any atom is -0.456 e. The van der Waals surface area contributed by atoms with Crippen molar-refractivity contribution in [1.29, 1.82) is 5.26 Å². The topological polar surface area (TPSA) is 139 Å². The highest BCUT2D eigenvalue weighted by atomic mass is 35.5. The number of amides is 1. The summed E-state index contributed by atoms with van der Waals surface area (Å²) in [5.41, 5.74) is 2.64. The van der Waals surface area contributed by atoms with Gasteiger partial charge in [0.1, 0.15) is 29.1 Å². The lowest BCUT2D eigenvalue weighted by molar-refractivity contribution is -0.118. The molecular weight excluding hydrogens is 575 g/mol. The van der Waals surface area contributed by atoms with E-state index in [-0.39, 0.29) is 19.0 Å². The summed E-state index contributed by atoms with van der Waals surface area (Å²) in [6, 6.07) is 17.1. The molecule has 0 saturated heterocycles. The van der Waals surface area contributed by atoms with E-state index in [9.17, 15) is 18.5 Å². The number of nitrogens with one attached hydrogen (secondary N) is 2. The first-order valence-corrected chi connectivity index (χ1v) is 14.6. The van der Waals surface area contributed by atoms with Crippen molar-refractivity contribution in [3.63, 3.8) is 0 Å². The number of rotatable bonds is 10. The molecule has 1 fully saturated rings. The Kier molecular flexibility index (Phi) is 8.54. The zero-order chi connectivity index (χ0) is 27.6. The molecular formula is C27H26Cl2N6O4S. The van der Waals surface area contributed by atoms with E-state index < -0.39 is 26.9 Å². The van der Waals surface area contributed by atoms with Gasteiger partial charge in [-0.15, -0.1) is 12.4 Å². The summed E-state index contributed by atoms with van der Waals surface area (Å²) >= 11 is 6.55. The van der Waals surface area contributed by atoms with Crippen LogP contribution in [-0.4, -0.2) is 47.4 Å². The van der Waals surface area contributed by atoms with Gasteiger partial charge in [0.2, 0.25) is 5.91 Å². The van der Waals surface area contributed by atoms with Gasteiger partial charge in [-0.3, -0.25) is 4.79 Å². The molecule has 0 radical (unpaired) electrons. The number of sulfone groups is 1. The summed E-state index contributed by atoms with van der Waals surface area (Å²) in [7, 11) is -3.39. The maximum absolute atomic E-state index is 11.8. The molecule has 2 aromatic carbocycles. The van der Waals surface area contributed by atoms with Crippen LogP contribution in [0.4, 0.5) is 11.5 Å². The van der Waals surface area contributed by atoms with Crippen LogP contribution in [0.2, 0.25) is 5.02 Å². The summed E-state index contributed by atoms with van der Waals surface area (Å²) in [5.74, 6) is 0.514. The number of aromatic nitrogens is 3. The molecule has 40 heavy (non-hydrogen) atoms. The molecule has 1 aliphatic carbocycles. The summed E-state index contributed by atoms with van der Waals surface area (Å²) in [5, 5.41) is 15.8. The Morgan fingerprint density at radius 3 is 2.70 bits per heavy atom. The second-order valence-corrected chi connectivity index (χ2v) is 12.0. The molecule has 13 heteroatoms. The second-order valence-electron chi connectivity index (χ2n) is 9.48. The lowest BCUT2D eigenvalue weighted by Gasteiger charge is -2.14. The Morgan fingerprint density at radius 2 is 2.00 bits per heavy atom. The van der Waals surface area contributed by atoms with Crippen molar-refractivity contribution in [1.82, 2.24) is 19.9 Å². The third-order valence-electron chi connectivity index (χ3n) is 6.39. The van der Waals surface area contributed by atoms with Crippen LogP contribution in [-0.2, 0) is 26.6 Å². The van der Waals surface area contributed by atoms with Crippen LogP contribution in [0.3, 0.4) is 0 Å². The third-order valence-corrected chi connectivity index (χ3v) is 7.47. The van der Waals surface area contributed by atoms with E-state index in [0.717, 1.165) is 30.2 Å². The Labute approximate surface area is 242 Å². The number of ether oxygens (including phenoxy) is 1. The van der Waals surface area contributed by atoms with Gasteiger partial charge in [-0.05, 0) is 54.8 Å². The molecule has 2 N–H and O–H groups in total. The van der Waals surface area contributed by atoms with Crippen LogP contribution in [0.5, 0.6) is 11.5 Å². The van der Waals surface area contributed by atoms with E-state index >= 15 is 0 Å². The molecule has 0 aliphatic heterocycles. The molecule has 1 amide bonds. The number of nitrogens with zero attached hydrogens (tertiary/aromatic N) is 4. The van der Waals surface area contributed by atoms with Gasteiger partial charge in [-0.25, -0.2) is 18.4 Å². The number of benzene rings is 2. The SMILES string of the molecule is CS(=O)(=O)CC(=O)NCCn1ccc2ncnc(Nc3ccc(Oc4cccc(C5(C#N)CC5)c4)c(Cl)c3)c21.Cl. The van der Waals surface area contributed by atoms with E-state index in [1.807, 2.05) is 47.2 Å². The Hall–Kier alpha value is -3.85. The van der Waals surface area contributed by atoms with Crippen molar-refractivity contribution < 1.29 is 17.9 Å². The van der Waals surface area contributed by atoms with Crippen LogP contribution < -0.4 is 15.4 Å². The van der Waals surface area contributed by atoms with Crippen molar-refractivity contribution >= 4 is 62.3 Å². The predicted octanol–water partition coefficient (Wildman–Crippen LogP) is 4.76. The van der Waals surface area contributed by atoms with Crippen LogP contribution >= 0.6 is 24.0 Å². The maximum atomic E-state index is 11.8. The van der Waals surface area contributed by atoms with Gasteiger partial charge in [0.05, 0.1) is 22.0 Å². The standard InChI is InChI=1S/C27H25ClN6O4S.ClH/c1-39(36,37)15-24(35)30-10-12-34-11-7-22-25(34)26(32-17-31-22)33-19-5-6-23(21(28)14-19)38-20-4-2-3-18(13-20)27(16-29)8-9-27;/h2-7,11,13-14,17H,8-10,12,15H2,1H3,(H,30,35)(H,31,32,33);1H. The average molecular weight is 602 g/mol. The molecule has 1 aliphatic rings. The molecule has 2 heterocycles. The molecule has 0 atom stereocenters. The summed E-state index contributed by atoms with van der Waals surface area (Å²) in [4.78, 5) is 20.5. The van der Waals surface area contributed by atoms with E-state index in [1.54, 1.807) is 12.1 Å². The fraction of sp³-hybridized carbons (Fsp3) is 0.259. The number of anilines is 2. The largest absolute Gasteiger partial charge is 0.456 e. The van der Waals surface area contributed by atoms with Gasteiger partial charge in [0.15, 0.2) is 15.7 Å². The first kappa shape index (κ1) is 29.1. The van der Waals surface area contributed by atoms with Gasteiger partial charge in [0.25, 0.3) is 0 Å². The first-order valence-electron chi connectivity index (χ1n) is 12.2. The lowest BCUT2D eigenvalue weighted by Crippen LogP contribution is -2.32. The van der Waals surface area contributed by atoms with Crippen molar-refractivity contribution in [2.75, 3.05) is 23.9 Å². The number of fused-ring (bicyclic) bond motifs is 1. The van der Waals surface area contributed by atoms with Crippen LogP contribution in [0.15, 0.2) is 61.1 Å². The smallest absolute Gasteiger partial charge is 0.235 e. The van der Waals surface area contributed by atoms with Gasteiger partial charge < -0.3 is 19.9 Å². The van der Waals surface area contributed by atoms with Gasteiger partial charge in [-0.1, -0.05) is 23.7 Å². The number of carbonyl (C=O) groups is 1. The van der Waals surface area contributed by atoms with E-state index in [2.05, 4.69) is 26.7 Å². The quantitative estimate of drug-likeness (QED) is 0.265. The van der Waals surface area contributed by atoms with E-state index in [0.29, 0.717) is 40.1 Å². The minimum absolute atomic E-state index is 0. The normalized spacial score (nSPS) is 13.6. The molecule has 0 unspecified atom stereocenters. The molecule has 208 valence electrons.